The number of carbonyl (C=O) groups is 3. The Bertz CT molecular complexity index is 681. The number of benzene rings is 1. The van der Waals surface area contributed by atoms with Crippen LogP contribution in [-0.2, 0) is 25.7 Å². The Hall–Kier alpha value is -2.06. The highest BCUT2D eigenvalue weighted by atomic mass is 32.2. The molecule has 128 valence electrons. The summed E-state index contributed by atoms with van der Waals surface area (Å²) < 4.78 is 4.83. The van der Waals surface area contributed by atoms with E-state index in [0.29, 0.717) is 6.41 Å². The maximum Gasteiger partial charge on any atom is 0.330 e. The quantitative estimate of drug-likeness (QED) is 0.341. The number of β-lactam (4-membered cyclic amide) rings is 1. The van der Waals surface area contributed by atoms with E-state index in [2.05, 4.69) is 5.32 Å². The van der Waals surface area contributed by atoms with Crippen molar-refractivity contribution in [3.63, 3.8) is 0 Å². The Kier molecular flexibility index (Phi) is 4.05. The molecule has 1 aromatic carbocycles. The molecule has 2 saturated heterocycles. The topological polar surface area (TPSA) is 102 Å². The number of hydrogen-bond donors (Lipinski definition) is 2. The van der Waals surface area contributed by atoms with Gasteiger partial charge in [0, 0.05) is 4.75 Å². The number of nitrogens with zero attached hydrogens (tertiary/aromatic N) is 1. The summed E-state index contributed by atoms with van der Waals surface area (Å²) in [6.07, 6.45) is 0.407. The first kappa shape index (κ1) is 16.8. The van der Waals surface area contributed by atoms with Crippen molar-refractivity contribution >= 4 is 30.0 Å². The Morgan fingerprint density at radius 1 is 1.42 bits per heavy atom. The van der Waals surface area contributed by atoms with E-state index in [1.807, 2.05) is 44.2 Å². The summed E-state index contributed by atoms with van der Waals surface area (Å²) in [5.74, 6) is -0.945. The average molecular weight is 349 g/mol. The number of rotatable bonds is 5. The smallest absolute Gasteiger partial charge is 0.330 e. The summed E-state index contributed by atoms with van der Waals surface area (Å²) in [4.78, 5) is 37.1. The minimum absolute atomic E-state index is 0.143. The highest BCUT2D eigenvalue weighted by molar-refractivity contribution is 8.01. The molecule has 0 unspecified atom stereocenters. The summed E-state index contributed by atoms with van der Waals surface area (Å²) in [6, 6.07) is 8.58. The van der Waals surface area contributed by atoms with Crippen molar-refractivity contribution in [2.45, 2.75) is 42.3 Å². The predicted octanol–water partition coefficient (Wildman–Crippen LogP) is 0.193. The predicted molar refractivity (Wildman–Crippen MR) is 88.4 cm³/mol. The molecule has 0 spiro atoms. The summed E-state index contributed by atoms with van der Waals surface area (Å²) >= 11 is 1.38. The van der Waals surface area contributed by atoms with E-state index in [0.717, 1.165) is 5.56 Å². The van der Waals surface area contributed by atoms with Crippen molar-refractivity contribution in [3.05, 3.63) is 35.9 Å². The van der Waals surface area contributed by atoms with Crippen molar-refractivity contribution in [1.29, 1.82) is 0 Å². The van der Waals surface area contributed by atoms with E-state index < -0.39 is 33.7 Å². The first-order chi connectivity index (χ1) is 11.3. The zero-order valence-electron chi connectivity index (χ0n) is 13.4. The molecule has 3 N–H and O–H groups in total. The number of thioether (sulfide) groups is 1. The van der Waals surface area contributed by atoms with Gasteiger partial charge in [-0.05, 0) is 19.4 Å². The maximum atomic E-state index is 12.6. The fraction of sp³-hybridized carbons (Fsp3) is 0.438. The van der Waals surface area contributed by atoms with E-state index >= 15 is 0 Å². The first-order valence-electron chi connectivity index (χ1n) is 7.52. The first-order valence-corrected chi connectivity index (χ1v) is 8.40. The van der Waals surface area contributed by atoms with Crippen LogP contribution in [0.25, 0.3) is 0 Å². The van der Waals surface area contributed by atoms with Gasteiger partial charge in [-0.2, -0.15) is 0 Å². The van der Waals surface area contributed by atoms with Gasteiger partial charge in [0.2, 0.25) is 6.41 Å². The number of ether oxygens (including phenoxy) is 1. The number of nitrogens with one attached hydrogen (secondary N) is 1. The van der Waals surface area contributed by atoms with Crippen molar-refractivity contribution in [3.8, 4) is 0 Å². The molecule has 2 amide bonds. The molecule has 0 saturated carbocycles. The molecule has 0 aromatic heterocycles. The van der Waals surface area contributed by atoms with Gasteiger partial charge in [0.05, 0.1) is 0 Å². The Balaban J connectivity index is 1.74. The zero-order valence-corrected chi connectivity index (χ0v) is 14.2. The summed E-state index contributed by atoms with van der Waals surface area (Å²) in [5.41, 5.74) is 5.40. The van der Waals surface area contributed by atoms with Crippen LogP contribution >= 0.6 is 11.8 Å². The molecule has 1 aromatic rings. The molecule has 2 aliphatic rings. The lowest BCUT2D eigenvalue weighted by molar-refractivity contribution is -0.171. The lowest BCUT2D eigenvalue weighted by atomic mass is 9.92. The van der Waals surface area contributed by atoms with Crippen LogP contribution < -0.4 is 11.1 Å². The van der Waals surface area contributed by atoms with Gasteiger partial charge in [0.1, 0.15) is 18.0 Å². The fourth-order valence-electron chi connectivity index (χ4n) is 3.10. The van der Waals surface area contributed by atoms with E-state index in [4.69, 9.17) is 10.5 Å². The van der Waals surface area contributed by atoms with Gasteiger partial charge in [-0.3, -0.25) is 15.3 Å². The second-order valence-corrected chi connectivity index (χ2v) is 8.15. The summed E-state index contributed by atoms with van der Waals surface area (Å²) in [6.45, 7) is 3.86. The Morgan fingerprint density at radius 2 is 2.08 bits per heavy atom. The third-order valence-electron chi connectivity index (χ3n) is 4.33. The van der Waals surface area contributed by atoms with Crippen molar-refractivity contribution in [2.24, 2.45) is 5.73 Å². The van der Waals surface area contributed by atoms with Gasteiger partial charge < -0.3 is 15.0 Å². The van der Waals surface area contributed by atoms with E-state index in [1.54, 1.807) is 0 Å². The number of esters is 1. The van der Waals surface area contributed by atoms with Crippen molar-refractivity contribution < 1.29 is 19.1 Å². The van der Waals surface area contributed by atoms with Crippen LogP contribution in [0.15, 0.2) is 30.3 Å². The minimum Gasteiger partial charge on any atom is -0.459 e. The van der Waals surface area contributed by atoms with Gasteiger partial charge in [-0.25, -0.2) is 4.79 Å². The zero-order chi connectivity index (χ0) is 17.5. The molecule has 24 heavy (non-hydrogen) atoms. The molecule has 3 atom stereocenters. The van der Waals surface area contributed by atoms with Crippen LogP contribution in [0.2, 0.25) is 0 Å². The van der Waals surface area contributed by atoms with Crippen molar-refractivity contribution in [2.75, 3.05) is 0 Å². The number of fused-ring (bicyclic) bond motifs is 1. The SMILES string of the molecule is CC1(C)S[C@H]2N(C(=O)[C@@]2(N)NC=O)[C@H]1C(=O)OCc1ccccc1. The molecule has 0 aliphatic carbocycles. The molecule has 2 aliphatic heterocycles. The molecule has 0 radical (unpaired) electrons. The van der Waals surface area contributed by atoms with E-state index in [9.17, 15) is 14.4 Å². The van der Waals surface area contributed by atoms with Crippen molar-refractivity contribution in [1.82, 2.24) is 10.2 Å². The molecule has 7 nitrogen and oxygen atoms in total. The van der Waals surface area contributed by atoms with Gasteiger partial charge in [-0.1, -0.05) is 30.3 Å². The van der Waals surface area contributed by atoms with Crippen LogP contribution in [0.4, 0.5) is 0 Å². The summed E-state index contributed by atoms with van der Waals surface area (Å²) in [7, 11) is 0. The number of nitrogens with two attached hydrogens (primary N) is 1. The molecule has 0 bridgehead atoms. The van der Waals surface area contributed by atoms with Crippen LogP contribution in [-0.4, -0.2) is 45.0 Å². The van der Waals surface area contributed by atoms with Crippen LogP contribution in [0.3, 0.4) is 0 Å². The Labute approximate surface area is 143 Å². The molecule has 3 rings (SSSR count). The molecule has 2 fully saturated rings. The molecular weight excluding hydrogens is 330 g/mol. The van der Waals surface area contributed by atoms with Crippen LogP contribution in [0.1, 0.15) is 19.4 Å². The van der Waals surface area contributed by atoms with Crippen LogP contribution in [0.5, 0.6) is 0 Å². The molecule has 2 heterocycles. The standard InChI is InChI=1S/C16H19N3O4S/c1-15(2)11(12(21)23-8-10-6-4-3-5-7-10)19-13(22)16(17,18-9-20)14(19)24-15/h3-7,9,11,14H,8,17H2,1-2H3,(H,18,20)/t11-,14+,16+/m0/s1. The summed E-state index contributed by atoms with van der Waals surface area (Å²) in [5, 5.41) is 1.88. The lowest BCUT2D eigenvalue weighted by Gasteiger charge is -2.50. The average Bonchev–Trinajstić information content (AvgIpc) is 2.83. The van der Waals surface area contributed by atoms with Crippen LogP contribution in [0, 0.1) is 0 Å². The second kappa shape index (κ2) is 5.78. The molecule has 8 heteroatoms. The number of carbonyl (C=O) groups excluding carboxylic acids is 3. The van der Waals surface area contributed by atoms with Gasteiger partial charge in [0.15, 0.2) is 5.66 Å². The largest absolute Gasteiger partial charge is 0.459 e. The highest BCUT2D eigenvalue weighted by Gasteiger charge is 2.70. The minimum atomic E-state index is -1.46. The Morgan fingerprint density at radius 3 is 2.71 bits per heavy atom. The van der Waals surface area contributed by atoms with Gasteiger partial charge >= 0.3 is 5.97 Å². The normalized spacial score (nSPS) is 30.3. The number of hydrogen-bond acceptors (Lipinski definition) is 6. The fourth-order valence-corrected chi connectivity index (χ4v) is 4.70. The van der Waals surface area contributed by atoms with Gasteiger partial charge in [-0.15, -0.1) is 11.8 Å². The maximum absolute atomic E-state index is 12.6. The van der Waals surface area contributed by atoms with Gasteiger partial charge in [0.25, 0.3) is 5.91 Å². The lowest BCUT2D eigenvalue weighted by Crippen LogP contribution is -2.83. The molecular formula is C16H19N3O4S. The van der Waals surface area contributed by atoms with E-state index in [1.165, 1.54) is 16.7 Å². The highest BCUT2D eigenvalue weighted by Crippen LogP contribution is 2.53. The third kappa shape index (κ3) is 2.46. The van der Waals surface area contributed by atoms with E-state index in [-0.39, 0.29) is 6.61 Å². The third-order valence-corrected chi connectivity index (χ3v) is 5.98. The number of amides is 2. The monoisotopic (exact) mass is 349 g/mol. The second-order valence-electron chi connectivity index (χ2n) is 6.41.